The standard InChI is InChI=1S/C18H28N2O3/c1-4-21-16-8-14-7-13(2)23-18(14)15(9-16)10-19-11-17-12-20(3)5-6-22-17/h8-9,13,17,19H,4-7,10-12H2,1-3H3/t13-,17-/m0/s1. The summed E-state index contributed by atoms with van der Waals surface area (Å²) in [7, 11) is 2.14. The summed E-state index contributed by atoms with van der Waals surface area (Å²) in [4.78, 5) is 2.31. The smallest absolute Gasteiger partial charge is 0.127 e. The second kappa shape index (κ2) is 7.51. The molecule has 2 atom stereocenters. The van der Waals surface area contributed by atoms with E-state index in [2.05, 4.69) is 36.3 Å². The first-order valence-corrected chi connectivity index (χ1v) is 8.61. The van der Waals surface area contributed by atoms with Crippen LogP contribution in [0.5, 0.6) is 11.5 Å². The average molecular weight is 320 g/mol. The minimum Gasteiger partial charge on any atom is -0.494 e. The van der Waals surface area contributed by atoms with Gasteiger partial charge in [0, 0.05) is 43.7 Å². The van der Waals surface area contributed by atoms with E-state index in [1.807, 2.05) is 6.92 Å². The lowest BCUT2D eigenvalue weighted by Crippen LogP contribution is -2.44. The van der Waals surface area contributed by atoms with Crippen LogP contribution in [0, 0.1) is 0 Å². The van der Waals surface area contributed by atoms with E-state index in [4.69, 9.17) is 14.2 Å². The van der Waals surface area contributed by atoms with Crippen molar-refractivity contribution in [3.05, 3.63) is 23.3 Å². The first-order valence-electron chi connectivity index (χ1n) is 8.61. The second-order valence-corrected chi connectivity index (χ2v) is 6.52. The Morgan fingerprint density at radius 3 is 3.04 bits per heavy atom. The van der Waals surface area contributed by atoms with Gasteiger partial charge in [0.05, 0.1) is 19.3 Å². The molecule has 2 aliphatic rings. The van der Waals surface area contributed by atoms with Gasteiger partial charge in [0.25, 0.3) is 0 Å². The van der Waals surface area contributed by atoms with Crippen molar-refractivity contribution in [3.8, 4) is 11.5 Å². The molecular formula is C18H28N2O3. The molecule has 5 heteroatoms. The van der Waals surface area contributed by atoms with Gasteiger partial charge in [0.1, 0.15) is 17.6 Å². The zero-order valence-electron chi connectivity index (χ0n) is 14.4. The van der Waals surface area contributed by atoms with Crippen molar-refractivity contribution in [2.75, 3.05) is 39.9 Å². The van der Waals surface area contributed by atoms with Crippen LogP contribution in [0.15, 0.2) is 12.1 Å². The first kappa shape index (κ1) is 16.6. The highest BCUT2D eigenvalue weighted by atomic mass is 16.5. The van der Waals surface area contributed by atoms with Gasteiger partial charge >= 0.3 is 0 Å². The van der Waals surface area contributed by atoms with Crippen molar-refractivity contribution >= 4 is 0 Å². The molecule has 0 unspecified atom stereocenters. The summed E-state index contributed by atoms with van der Waals surface area (Å²) in [6.45, 7) is 9.27. The zero-order chi connectivity index (χ0) is 16.2. The summed E-state index contributed by atoms with van der Waals surface area (Å²) < 4.78 is 17.5. The van der Waals surface area contributed by atoms with Crippen LogP contribution in [0.1, 0.15) is 25.0 Å². The van der Waals surface area contributed by atoms with Crippen molar-refractivity contribution in [2.45, 2.75) is 39.0 Å². The molecule has 1 fully saturated rings. The zero-order valence-corrected chi connectivity index (χ0v) is 14.4. The molecule has 0 spiro atoms. The van der Waals surface area contributed by atoms with Gasteiger partial charge in [-0.1, -0.05) is 0 Å². The van der Waals surface area contributed by atoms with Crippen molar-refractivity contribution in [2.24, 2.45) is 0 Å². The number of likely N-dealkylation sites (N-methyl/N-ethyl adjacent to an activating group) is 1. The lowest BCUT2D eigenvalue weighted by Gasteiger charge is -2.30. The summed E-state index contributed by atoms with van der Waals surface area (Å²) in [5, 5.41) is 3.52. The fourth-order valence-corrected chi connectivity index (χ4v) is 3.32. The summed E-state index contributed by atoms with van der Waals surface area (Å²) in [5.74, 6) is 1.98. The second-order valence-electron chi connectivity index (χ2n) is 6.52. The predicted molar refractivity (Wildman–Crippen MR) is 90.3 cm³/mol. The number of rotatable bonds is 6. The van der Waals surface area contributed by atoms with E-state index < -0.39 is 0 Å². The predicted octanol–water partition coefficient (Wildman–Crippen LogP) is 1.83. The molecule has 0 aromatic heterocycles. The lowest BCUT2D eigenvalue weighted by molar-refractivity contribution is -0.0182. The van der Waals surface area contributed by atoms with E-state index in [1.165, 1.54) is 11.1 Å². The molecule has 2 heterocycles. The summed E-state index contributed by atoms with van der Waals surface area (Å²) >= 11 is 0. The van der Waals surface area contributed by atoms with Gasteiger partial charge in [-0.05, 0) is 33.0 Å². The third kappa shape index (κ3) is 4.16. The summed E-state index contributed by atoms with van der Waals surface area (Å²) in [5.41, 5.74) is 2.44. The molecule has 128 valence electrons. The number of benzene rings is 1. The molecule has 0 radical (unpaired) electrons. The number of hydrogen-bond donors (Lipinski definition) is 1. The topological polar surface area (TPSA) is 43.0 Å². The maximum absolute atomic E-state index is 6.00. The third-order valence-corrected chi connectivity index (χ3v) is 4.38. The number of fused-ring (bicyclic) bond motifs is 1. The van der Waals surface area contributed by atoms with Crippen molar-refractivity contribution in [1.29, 1.82) is 0 Å². The maximum Gasteiger partial charge on any atom is 0.127 e. The highest BCUT2D eigenvalue weighted by Crippen LogP contribution is 2.36. The number of hydrogen-bond acceptors (Lipinski definition) is 5. The summed E-state index contributed by atoms with van der Waals surface area (Å²) in [6.07, 6.45) is 1.47. The van der Waals surface area contributed by atoms with Crippen molar-refractivity contribution < 1.29 is 14.2 Å². The molecule has 0 saturated carbocycles. The number of morpholine rings is 1. The van der Waals surface area contributed by atoms with E-state index in [1.54, 1.807) is 0 Å². The minimum atomic E-state index is 0.246. The number of ether oxygens (including phenoxy) is 3. The van der Waals surface area contributed by atoms with Crippen LogP contribution >= 0.6 is 0 Å². The third-order valence-electron chi connectivity index (χ3n) is 4.38. The van der Waals surface area contributed by atoms with Gasteiger partial charge in [-0.25, -0.2) is 0 Å². The van der Waals surface area contributed by atoms with Gasteiger partial charge in [-0.15, -0.1) is 0 Å². The molecule has 1 N–H and O–H groups in total. The van der Waals surface area contributed by atoms with Crippen LogP contribution in [-0.4, -0.2) is 57.0 Å². The van der Waals surface area contributed by atoms with Gasteiger partial charge in [0.2, 0.25) is 0 Å². The van der Waals surface area contributed by atoms with Crippen LogP contribution in [0.25, 0.3) is 0 Å². The Morgan fingerprint density at radius 2 is 2.26 bits per heavy atom. The Bertz CT molecular complexity index is 535. The molecule has 2 aliphatic heterocycles. The Labute approximate surface area is 138 Å². The van der Waals surface area contributed by atoms with Crippen LogP contribution in [0.3, 0.4) is 0 Å². The van der Waals surface area contributed by atoms with Gasteiger partial charge in [0.15, 0.2) is 0 Å². The van der Waals surface area contributed by atoms with Crippen LogP contribution < -0.4 is 14.8 Å². The van der Waals surface area contributed by atoms with E-state index >= 15 is 0 Å². The Morgan fingerprint density at radius 1 is 1.39 bits per heavy atom. The molecule has 1 saturated heterocycles. The monoisotopic (exact) mass is 320 g/mol. The Balaban J connectivity index is 1.62. The SMILES string of the molecule is CCOc1cc(CNC[C@H]2CN(C)CCO2)c2c(c1)C[C@H](C)O2. The molecule has 5 nitrogen and oxygen atoms in total. The number of nitrogens with one attached hydrogen (secondary N) is 1. The Kier molecular flexibility index (Phi) is 5.41. The first-order chi connectivity index (χ1) is 11.2. The average Bonchev–Trinajstić information content (AvgIpc) is 2.88. The fraction of sp³-hybridized carbons (Fsp3) is 0.667. The maximum atomic E-state index is 6.00. The van der Waals surface area contributed by atoms with Crippen LogP contribution in [0.2, 0.25) is 0 Å². The highest BCUT2D eigenvalue weighted by Gasteiger charge is 2.24. The van der Waals surface area contributed by atoms with Crippen LogP contribution in [0.4, 0.5) is 0 Å². The molecule has 1 aromatic carbocycles. The van der Waals surface area contributed by atoms with E-state index in [0.29, 0.717) is 6.61 Å². The van der Waals surface area contributed by atoms with Crippen molar-refractivity contribution in [3.63, 3.8) is 0 Å². The van der Waals surface area contributed by atoms with E-state index in [9.17, 15) is 0 Å². The van der Waals surface area contributed by atoms with E-state index in [-0.39, 0.29) is 12.2 Å². The molecule has 0 aliphatic carbocycles. The molecule has 3 rings (SSSR count). The molecule has 0 bridgehead atoms. The van der Waals surface area contributed by atoms with E-state index in [0.717, 1.165) is 50.7 Å². The molecule has 23 heavy (non-hydrogen) atoms. The fourth-order valence-electron chi connectivity index (χ4n) is 3.32. The highest BCUT2D eigenvalue weighted by molar-refractivity contribution is 5.49. The Hall–Kier alpha value is -1.30. The lowest BCUT2D eigenvalue weighted by atomic mass is 10.1. The summed E-state index contributed by atoms with van der Waals surface area (Å²) in [6, 6.07) is 4.21. The normalized spacial score (nSPS) is 24.3. The largest absolute Gasteiger partial charge is 0.494 e. The molecule has 1 aromatic rings. The van der Waals surface area contributed by atoms with Gasteiger partial charge in [-0.3, -0.25) is 0 Å². The van der Waals surface area contributed by atoms with Crippen LogP contribution in [-0.2, 0) is 17.7 Å². The quantitative estimate of drug-likeness (QED) is 0.866. The molecule has 0 amide bonds. The van der Waals surface area contributed by atoms with Gasteiger partial charge in [-0.2, -0.15) is 0 Å². The van der Waals surface area contributed by atoms with Gasteiger partial charge < -0.3 is 24.4 Å². The minimum absolute atomic E-state index is 0.246. The molecular weight excluding hydrogens is 292 g/mol. The van der Waals surface area contributed by atoms with Crippen molar-refractivity contribution in [1.82, 2.24) is 10.2 Å². The number of nitrogens with zero attached hydrogens (tertiary/aromatic N) is 1.